The van der Waals surface area contributed by atoms with E-state index in [1.165, 1.54) is 32.7 Å². The average molecular weight is 479 g/mol. The van der Waals surface area contributed by atoms with Crippen molar-refractivity contribution in [3.63, 3.8) is 0 Å². The molecule has 0 radical (unpaired) electrons. The van der Waals surface area contributed by atoms with Crippen molar-refractivity contribution in [2.45, 2.75) is 26.2 Å². The third-order valence-electron chi connectivity index (χ3n) is 6.94. The molecule has 0 unspecified atom stereocenters. The summed E-state index contributed by atoms with van der Waals surface area (Å²) in [6, 6.07) is 45.2. The number of nitrogens with zero attached hydrogens (tertiary/aromatic N) is 2. The summed E-state index contributed by atoms with van der Waals surface area (Å²) >= 11 is 0. The molecule has 0 atom stereocenters. The van der Waals surface area contributed by atoms with Gasteiger partial charge in [-0.25, -0.2) is 4.98 Å². The summed E-state index contributed by atoms with van der Waals surface area (Å²) in [5.74, 6) is 0.918. The van der Waals surface area contributed by atoms with Crippen LogP contribution in [-0.4, -0.2) is 4.98 Å². The van der Waals surface area contributed by atoms with Gasteiger partial charge in [0.2, 0.25) is 0 Å². The fourth-order valence-electron chi connectivity index (χ4n) is 5.18. The van der Waals surface area contributed by atoms with Crippen LogP contribution in [0.15, 0.2) is 127 Å². The summed E-state index contributed by atoms with van der Waals surface area (Å²) in [4.78, 5) is 7.55. The van der Waals surface area contributed by atoms with Gasteiger partial charge >= 0.3 is 0 Å². The summed E-state index contributed by atoms with van der Waals surface area (Å²) in [7, 11) is 0. The van der Waals surface area contributed by atoms with Gasteiger partial charge in [-0.3, -0.25) is 4.90 Å². The van der Waals surface area contributed by atoms with Crippen molar-refractivity contribution in [2.75, 3.05) is 4.90 Å². The van der Waals surface area contributed by atoms with Crippen LogP contribution in [0, 0.1) is 0 Å². The van der Waals surface area contributed by atoms with Crippen LogP contribution < -0.4 is 4.90 Å². The number of hydrogen-bond acceptors (Lipinski definition) is 2. The van der Waals surface area contributed by atoms with Crippen LogP contribution in [0.2, 0.25) is 0 Å². The quantitative estimate of drug-likeness (QED) is 0.234. The molecule has 180 valence electrons. The van der Waals surface area contributed by atoms with Crippen molar-refractivity contribution < 1.29 is 0 Å². The topological polar surface area (TPSA) is 16.1 Å². The summed E-state index contributed by atoms with van der Waals surface area (Å²) in [6.07, 6.45) is 0. The Balaban J connectivity index is 1.75. The lowest BCUT2D eigenvalue weighted by atomic mass is 9.90. The lowest BCUT2D eigenvalue weighted by Crippen LogP contribution is -2.18. The van der Waals surface area contributed by atoms with Gasteiger partial charge in [-0.05, 0) is 46.2 Å². The molecule has 37 heavy (non-hydrogen) atoms. The second kappa shape index (κ2) is 9.22. The number of rotatable bonds is 4. The molecule has 0 spiro atoms. The van der Waals surface area contributed by atoms with E-state index in [9.17, 15) is 0 Å². The minimum Gasteiger partial charge on any atom is -0.294 e. The van der Waals surface area contributed by atoms with Gasteiger partial charge in [-0.2, -0.15) is 0 Å². The van der Waals surface area contributed by atoms with Gasteiger partial charge < -0.3 is 0 Å². The van der Waals surface area contributed by atoms with E-state index in [4.69, 9.17) is 4.98 Å². The third kappa shape index (κ3) is 4.15. The van der Waals surface area contributed by atoms with E-state index in [1.807, 2.05) is 0 Å². The number of anilines is 3. The fraction of sp³-hybridized carbons (Fsp3) is 0.114. The number of benzene rings is 5. The summed E-state index contributed by atoms with van der Waals surface area (Å²) < 4.78 is 0. The highest BCUT2D eigenvalue weighted by Crippen LogP contribution is 2.47. The zero-order valence-electron chi connectivity index (χ0n) is 21.5. The molecule has 0 aliphatic carbocycles. The van der Waals surface area contributed by atoms with E-state index >= 15 is 0 Å². The van der Waals surface area contributed by atoms with E-state index in [1.54, 1.807) is 0 Å². The molecule has 1 aromatic heterocycles. The molecule has 0 fully saturated rings. The summed E-state index contributed by atoms with van der Waals surface area (Å²) in [5, 5.41) is 4.87. The van der Waals surface area contributed by atoms with Gasteiger partial charge in [0.25, 0.3) is 0 Å². The van der Waals surface area contributed by atoms with Gasteiger partial charge in [0, 0.05) is 27.6 Å². The monoisotopic (exact) mass is 478 g/mol. The summed E-state index contributed by atoms with van der Waals surface area (Å²) in [6.45, 7) is 6.64. The molecule has 0 bridgehead atoms. The van der Waals surface area contributed by atoms with Gasteiger partial charge in [-0.1, -0.05) is 124 Å². The number of fused-ring (bicyclic) bond motifs is 2. The molecule has 6 aromatic rings. The first-order valence-corrected chi connectivity index (χ1v) is 12.8. The maximum absolute atomic E-state index is 5.22. The smallest absolute Gasteiger partial charge is 0.137 e. The van der Waals surface area contributed by atoms with Crippen molar-refractivity contribution in [3.05, 3.63) is 133 Å². The Labute approximate surface area is 218 Å². The van der Waals surface area contributed by atoms with Crippen molar-refractivity contribution in [1.29, 1.82) is 0 Å². The van der Waals surface area contributed by atoms with Gasteiger partial charge in [0.1, 0.15) is 5.82 Å². The van der Waals surface area contributed by atoms with E-state index < -0.39 is 0 Å². The normalized spacial score (nSPS) is 11.6. The van der Waals surface area contributed by atoms with E-state index in [0.717, 1.165) is 22.9 Å². The highest BCUT2D eigenvalue weighted by molar-refractivity contribution is 6.22. The number of aromatic nitrogens is 1. The van der Waals surface area contributed by atoms with Crippen LogP contribution in [0.3, 0.4) is 0 Å². The molecule has 2 heteroatoms. The standard InChI is InChI=1S/C35H30N2/c1-35(2,3)31-23-14-24-32(36-31)37(26-17-8-5-9-18-26)34-29-21-12-10-19-27(29)33(25-15-6-4-7-16-25)28-20-11-13-22-30(28)34/h4-24H,1-3H3. The molecule has 2 nitrogen and oxygen atoms in total. The molecule has 0 saturated carbocycles. The first kappa shape index (κ1) is 23.0. The molecule has 0 amide bonds. The molecular weight excluding hydrogens is 448 g/mol. The average Bonchev–Trinajstić information content (AvgIpc) is 2.94. The second-order valence-corrected chi connectivity index (χ2v) is 10.5. The Hall–Kier alpha value is -4.43. The third-order valence-corrected chi connectivity index (χ3v) is 6.94. The molecule has 0 N–H and O–H groups in total. The molecule has 0 saturated heterocycles. The lowest BCUT2D eigenvalue weighted by molar-refractivity contribution is 0.569. The van der Waals surface area contributed by atoms with Crippen LogP contribution in [0.5, 0.6) is 0 Å². The van der Waals surface area contributed by atoms with Crippen LogP contribution in [-0.2, 0) is 5.41 Å². The van der Waals surface area contributed by atoms with Crippen LogP contribution >= 0.6 is 0 Å². The van der Waals surface area contributed by atoms with Crippen molar-refractivity contribution in [3.8, 4) is 11.1 Å². The lowest BCUT2D eigenvalue weighted by Gasteiger charge is -2.29. The number of para-hydroxylation sites is 1. The van der Waals surface area contributed by atoms with Gasteiger partial charge in [0.05, 0.1) is 5.69 Å². The van der Waals surface area contributed by atoms with E-state index in [0.29, 0.717) is 0 Å². The van der Waals surface area contributed by atoms with E-state index in [-0.39, 0.29) is 5.41 Å². The maximum Gasteiger partial charge on any atom is 0.137 e. The largest absolute Gasteiger partial charge is 0.294 e. The van der Waals surface area contributed by atoms with Gasteiger partial charge in [-0.15, -0.1) is 0 Å². The Kier molecular flexibility index (Phi) is 5.73. The minimum atomic E-state index is -0.0559. The molecular formula is C35H30N2. The van der Waals surface area contributed by atoms with Crippen LogP contribution in [0.25, 0.3) is 32.7 Å². The first-order valence-electron chi connectivity index (χ1n) is 12.8. The second-order valence-electron chi connectivity index (χ2n) is 10.5. The molecule has 0 aliphatic heterocycles. The number of hydrogen-bond donors (Lipinski definition) is 0. The number of pyridine rings is 1. The predicted octanol–water partition coefficient (Wildman–Crippen LogP) is 9.82. The summed E-state index contributed by atoms with van der Waals surface area (Å²) in [5.41, 5.74) is 5.74. The molecule has 6 rings (SSSR count). The van der Waals surface area contributed by atoms with Crippen LogP contribution in [0.1, 0.15) is 26.5 Å². The van der Waals surface area contributed by atoms with E-state index in [2.05, 4.69) is 153 Å². The SMILES string of the molecule is CC(C)(C)c1cccc(N(c2ccccc2)c2c3ccccc3c(-c3ccccc3)c3ccccc23)n1. The maximum atomic E-state index is 5.22. The van der Waals surface area contributed by atoms with Crippen LogP contribution in [0.4, 0.5) is 17.2 Å². The Morgan fingerprint density at radius 3 is 1.59 bits per heavy atom. The molecule has 0 aliphatic rings. The highest BCUT2D eigenvalue weighted by Gasteiger charge is 2.24. The zero-order valence-corrected chi connectivity index (χ0v) is 21.5. The van der Waals surface area contributed by atoms with Gasteiger partial charge in [0.15, 0.2) is 0 Å². The van der Waals surface area contributed by atoms with Crippen molar-refractivity contribution >= 4 is 38.7 Å². The molecule has 1 heterocycles. The zero-order chi connectivity index (χ0) is 25.4. The fourth-order valence-corrected chi connectivity index (χ4v) is 5.18. The predicted molar refractivity (Wildman–Crippen MR) is 158 cm³/mol. The Morgan fingerprint density at radius 1 is 0.514 bits per heavy atom. The Morgan fingerprint density at radius 2 is 1.03 bits per heavy atom. The molecule has 5 aromatic carbocycles. The Bertz CT molecular complexity index is 1640. The van der Waals surface area contributed by atoms with Crippen molar-refractivity contribution in [1.82, 2.24) is 4.98 Å². The minimum absolute atomic E-state index is 0.0559. The highest BCUT2D eigenvalue weighted by atomic mass is 15.2. The first-order chi connectivity index (χ1) is 18.0. The van der Waals surface area contributed by atoms with Crippen molar-refractivity contribution in [2.24, 2.45) is 0 Å².